The molecule has 2 nitrogen and oxygen atoms in total. The van der Waals surface area contributed by atoms with Gasteiger partial charge < -0.3 is 10.3 Å². The van der Waals surface area contributed by atoms with Crippen LogP contribution in [-0.2, 0) is 6.54 Å². The highest BCUT2D eigenvalue weighted by Gasteiger charge is 2.15. The first-order chi connectivity index (χ1) is 8.53. The Morgan fingerprint density at radius 2 is 1.94 bits per heavy atom. The Morgan fingerprint density at radius 1 is 1.22 bits per heavy atom. The Balaban J connectivity index is 2.10. The summed E-state index contributed by atoms with van der Waals surface area (Å²) in [5, 5.41) is 1.34. The van der Waals surface area contributed by atoms with Crippen molar-refractivity contribution < 1.29 is 0 Å². The molecule has 0 aliphatic carbocycles. The molecule has 0 saturated heterocycles. The number of fused-ring (bicyclic) bond motifs is 1. The van der Waals surface area contributed by atoms with E-state index in [1.54, 1.807) is 0 Å². The monoisotopic (exact) mass is 244 g/mol. The minimum absolute atomic E-state index is 0.261. The zero-order valence-electron chi connectivity index (χ0n) is 11.7. The van der Waals surface area contributed by atoms with Crippen molar-refractivity contribution in [2.75, 3.05) is 6.54 Å². The van der Waals surface area contributed by atoms with Gasteiger partial charge in [0.15, 0.2) is 0 Å². The van der Waals surface area contributed by atoms with E-state index in [9.17, 15) is 0 Å². The van der Waals surface area contributed by atoms with Gasteiger partial charge in [-0.25, -0.2) is 0 Å². The first-order valence-electron chi connectivity index (χ1n) is 6.78. The summed E-state index contributed by atoms with van der Waals surface area (Å²) in [6.45, 7) is 8.52. The summed E-state index contributed by atoms with van der Waals surface area (Å²) in [5.41, 5.74) is 8.74. The van der Waals surface area contributed by atoms with Gasteiger partial charge in [0.2, 0.25) is 0 Å². The molecule has 2 N–H and O–H groups in total. The summed E-state index contributed by atoms with van der Waals surface area (Å²) in [4.78, 5) is 0. The quantitative estimate of drug-likeness (QED) is 0.854. The lowest BCUT2D eigenvalue weighted by atomic mass is 9.88. The Labute approximate surface area is 110 Å². The molecule has 1 heterocycles. The number of nitrogens with zero attached hydrogens (tertiary/aromatic N) is 1. The number of aryl methyl sites for hydroxylation is 2. The molecule has 0 unspecified atom stereocenters. The topological polar surface area (TPSA) is 30.9 Å². The summed E-state index contributed by atoms with van der Waals surface area (Å²) in [6, 6.07) is 10.9. The second kappa shape index (κ2) is 5.15. The normalized spacial score (nSPS) is 12.2. The summed E-state index contributed by atoms with van der Waals surface area (Å²) < 4.78 is 2.42. The van der Waals surface area contributed by atoms with Crippen LogP contribution in [0.3, 0.4) is 0 Å². The van der Waals surface area contributed by atoms with Crippen LogP contribution in [0.5, 0.6) is 0 Å². The molecule has 0 fully saturated rings. The highest BCUT2D eigenvalue weighted by molar-refractivity contribution is 5.81. The third kappa shape index (κ3) is 2.75. The Bertz CT molecular complexity index is 523. The van der Waals surface area contributed by atoms with Crippen LogP contribution in [0.2, 0.25) is 0 Å². The Hall–Kier alpha value is -1.28. The number of para-hydroxylation sites is 1. The van der Waals surface area contributed by atoms with Gasteiger partial charge in [0.1, 0.15) is 0 Å². The van der Waals surface area contributed by atoms with Crippen molar-refractivity contribution in [1.82, 2.24) is 4.57 Å². The third-order valence-electron chi connectivity index (χ3n) is 3.81. The largest absolute Gasteiger partial charge is 0.345 e. The average molecular weight is 244 g/mol. The fourth-order valence-electron chi connectivity index (χ4n) is 2.46. The maximum absolute atomic E-state index is 5.78. The standard InChI is InChI=1S/C16H24N2/c1-13-11-14-7-4-5-8-15(14)18(13)10-6-9-16(2,3)12-17/h4-5,7-8,11H,6,9-10,12,17H2,1-3H3. The molecule has 98 valence electrons. The predicted octanol–water partition coefficient (Wildman–Crippen LogP) is 3.71. The molecule has 2 heteroatoms. The Kier molecular flexibility index (Phi) is 3.76. The van der Waals surface area contributed by atoms with E-state index in [-0.39, 0.29) is 5.41 Å². The first-order valence-corrected chi connectivity index (χ1v) is 6.78. The minimum atomic E-state index is 0.261. The van der Waals surface area contributed by atoms with Crippen molar-refractivity contribution in [3.05, 3.63) is 36.0 Å². The van der Waals surface area contributed by atoms with Crippen molar-refractivity contribution in [3.63, 3.8) is 0 Å². The molecular weight excluding hydrogens is 220 g/mol. The van der Waals surface area contributed by atoms with Crippen LogP contribution < -0.4 is 5.73 Å². The van der Waals surface area contributed by atoms with E-state index in [4.69, 9.17) is 5.73 Å². The molecule has 0 bridgehead atoms. The van der Waals surface area contributed by atoms with Crippen LogP contribution in [0.25, 0.3) is 10.9 Å². The zero-order chi connectivity index (χ0) is 13.2. The van der Waals surface area contributed by atoms with Gasteiger partial charge in [-0.1, -0.05) is 32.0 Å². The van der Waals surface area contributed by atoms with Crippen molar-refractivity contribution >= 4 is 10.9 Å². The maximum atomic E-state index is 5.78. The van der Waals surface area contributed by atoms with Gasteiger partial charge in [-0.05, 0) is 49.2 Å². The zero-order valence-corrected chi connectivity index (χ0v) is 11.7. The number of rotatable bonds is 5. The molecule has 0 saturated carbocycles. The van der Waals surface area contributed by atoms with E-state index >= 15 is 0 Å². The lowest BCUT2D eigenvalue weighted by Gasteiger charge is -2.22. The molecule has 0 aliphatic rings. The van der Waals surface area contributed by atoms with Crippen LogP contribution in [0.1, 0.15) is 32.4 Å². The highest BCUT2D eigenvalue weighted by Crippen LogP contribution is 2.23. The van der Waals surface area contributed by atoms with E-state index in [0.717, 1.165) is 13.1 Å². The molecule has 0 spiro atoms. The van der Waals surface area contributed by atoms with E-state index < -0.39 is 0 Å². The van der Waals surface area contributed by atoms with Crippen LogP contribution in [0, 0.1) is 12.3 Å². The van der Waals surface area contributed by atoms with Crippen LogP contribution in [0.15, 0.2) is 30.3 Å². The van der Waals surface area contributed by atoms with Crippen LogP contribution in [0.4, 0.5) is 0 Å². The summed E-state index contributed by atoms with van der Waals surface area (Å²) in [6.07, 6.45) is 2.36. The third-order valence-corrected chi connectivity index (χ3v) is 3.81. The molecule has 1 aromatic carbocycles. The smallest absolute Gasteiger partial charge is 0.0482 e. The molecule has 0 amide bonds. The number of benzene rings is 1. The highest BCUT2D eigenvalue weighted by atomic mass is 15.0. The predicted molar refractivity (Wildman–Crippen MR) is 78.7 cm³/mol. The average Bonchev–Trinajstić information content (AvgIpc) is 2.66. The van der Waals surface area contributed by atoms with E-state index in [1.807, 2.05) is 0 Å². The number of aromatic nitrogens is 1. The maximum Gasteiger partial charge on any atom is 0.0482 e. The molecule has 2 rings (SSSR count). The second-order valence-corrected chi connectivity index (χ2v) is 5.97. The van der Waals surface area contributed by atoms with Gasteiger partial charge in [-0.15, -0.1) is 0 Å². The molecular formula is C16H24N2. The molecule has 0 radical (unpaired) electrons. The summed E-state index contributed by atoms with van der Waals surface area (Å²) in [7, 11) is 0. The van der Waals surface area contributed by atoms with E-state index in [2.05, 4.69) is 55.7 Å². The second-order valence-electron chi connectivity index (χ2n) is 5.97. The van der Waals surface area contributed by atoms with Crippen molar-refractivity contribution in [1.29, 1.82) is 0 Å². The lowest BCUT2D eigenvalue weighted by molar-refractivity contribution is 0.328. The van der Waals surface area contributed by atoms with Gasteiger partial charge in [-0.3, -0.25) is 0 Å². The molecule has 0 atom stereocenters. The minimum Gasteiger partial charge on any atom is -0.345 e. The summed E-state index contributed by atoms with van der Waals surface area (Å²) >= 11 is 0. The van der Waals surface area contributed by atoms with Gasteiger partial charge in [-0.2, -0.15) is 0 Å². The van der Waals surface area contributed by atoms with Crippen molar-refractivity contribution in [2.45, 2.75) is 40.2 Å². The SMILES string of the molecule is Cc1cc2ccccc2n1CCCC(C)(C)CN. The molecule has 18 heavy (non-hydrogen) atoms. The van der Waals surface area contributed by atoms with Gasteiger partial charge in [0.05, 0.1) is 0 Å². The number of nitrogens with two attached hydrogens (primary N) is 1. The van der Waals surface area contributed by atoms with Gasteiger partial charge in [0, 0.05) is 17.8 Å². The first kappa shape index (κ1) is 13.2. The van der Waals surface area contributed by atoms with Crippen LogP contribution in [-0.4, -0.2) is 11.1 Å². The molecule has 2 aromatic rings. The van der Waals surface area contributed by atoms with Gasteiger partial charge >= 0.3 is 0 Å². The van der Waals surface area contributed by atoms with Gasteiger partial charge in [0.25, 0.3) is 0 Å². The fraction of sp³-hybridized carbons (Fsp3) is 0.500. The van der Waals surface area contributed by atoms with E-state index in [1.165, 1.54) is 29.4 Å². The Morgan fingerprint density at radius 3 is 2.67 bits per heavy atom. The van der Waals surface area contributed by atoms with Crippen molar-refractivity contribution in [2.24, 2.45) is 11.1 Å². The molecule has 0 aliphatic heterocycles. The van der Waals surface area contributed by atoms with Crippen molar-refractivity contribution in [3.8, 4) is 0 Å². The van der Waals surface area contributed by atoms with Crippen LogP contribution >= 0.6 is 0 Å². The fourth-order valence-corrected chi connectivity index (χ4v) is 2.46. The number of hydrogen-bond acceptors (Lipinski definition) is 1. The lowest BCUT2D eigenvalue weighted by Crippen LogP contribution is -2.23. The summed E-state index contributed by atoms with van der Waals surface area (Å²) in [5.74, 6) is 0. The molecule has 1 aromatic heterocycles. The van der Waals surface area contributed by atoms with E-state index in [0.29, 0.717) is 0 Å². The number of hydrogen-bond donors (Lipinski definition) is 1.